The summed E-state index contributed by atoms with van der Waals surface area (Å²) in [6.07, 6.45) is 0. The fourth-order valence-electron chi connectivity index (χ4n) is 2.27. The van der Waals surface area contributed by atoms with Crippen molar-refractivity contribution in [2.24, 2.45) is 7.05 Å². The third-order valence-corrected chi connectivity index (χ3v) is 3.28. The minimum Gasteiger partial charge on any atom is -0.481 e. The summed E-state index contributed by atoms with van der Waals surface area (Å²) < 4.78 is 7.16. The lowest BCUT2D eigenvalue weighted by molar-refractivity contribution is 0.374. The van der Waals surface area contributed by atoms with Crippen molar-refractivity contribution in [2.45, 2.75) is 33.6 Å². The van der Waals surface area contributed by atoms with Gasteiger partial charge in [0.1, 0.15) is 11.4 Å². The van der Waals surface area contributed by atoms with Crippen LogP contribution in [-0.2, 0) is 7.05 Å². The summed E-state index contributed by atoms with van der Waals surface area (Å²) in [6, 6.07) is 2.00. The van der Waals surface area contributed by atoms with Gasteiger partial charge in [-0.15, -0.1) is 0 Å². The standard InChI is InChI=1S/C15H23N5O/c1-7-16-12-8-11(9(2)3)17-14(18-12)13-10(4)19-20(5)15(13)21-6/h8-9H,7H2,1-6H3,(H,16,17,18). The highest BCUT2D eigenvalue weighted by molar-refractivity contribution is 5.66. The monoisotopic (exact) mass is 289 g/mol. The van der Waals surface area contributed by atoms with E-state index in [2.05, 4.69) is 34.2 Å². The molecule has 0 aliphatic rings. The van der Waals surface area contributed by atoms with Crippen molar-refractivity contribution in [3.8, 4) is 17.3 Å². The van der Waals surface area contributed by atoms with E-state index in [1.807, 2.05) is 27.0 Å². The van der Waals surface area contributed by atoms with Gasteiger partial charge in [0, 0.05) is 25.4 Å². The maximum atomic E-state index is 5.45. The van der Waals surface area contributed by atoms with Crippen LogP contribution in [0.2, 0.25) is 0 Å². The van der Waals surface area contributed by atoms with Crippen molar-refractivity contribution in [2.75, 3.05) is 19.0 Å². The lowest BCUT2D eigenvalue weighted by Gasteiger charge is -2.11. The van der Waals surface area contributed by atoms with Crippen LogP contribution in [0.25, 0.3) is 11.4 Å². The van der Waals surface area contributed by atoms with Crippen LogP contribution < -0.4 is 10.1 Å². The van der Waals surface area contributed by atoms with Gasteiger partial charge in [0.25, 0.3) is 0 Å². The zero-order valence-electron chi connectivity index (χ0n) is 13.6. The number of aromatic nitrogens is 4. The van der Waals surface area contributed by atoms with Crippen molar-refractivity contribution in [1.29, 1.82) is 0 Å². The molecule has 0 unspecified atom stereocenters. The van der Waals surface area contributed by atoms with E-state index in [-0.39, 0.29) is 0 Å². The molecule has 2 aromatic heterocycles. The molecule has 6 nitrogen and oxygen atoms in total. The first kappa shape index (κ1) is 15.3. The Balaban J connectivity index is 2.62. The highest BCUT2D eigenvalue weighted by Crippen LogP contribution is 2.31. The van der Waals surface area contributed by atoms with E-state index in [1.165, 1.54) is 0 Å². The van der Waals surface area contributed by atoms with Crippen LogP contribution in [0.5, 0.6) is 5.88 Å². The summed E-state index contributed by atoms with van der Waals surface area (Å²) in [5.74, 6) is 2.49. The van der Waals surface area contributed by atoms with Gasteiger partial charge in [0.15, 0.2) is 5.82 Å². The fourth-order valence-corrected chi connectivity index (χ4v) is 2.27. The van der Waals surface area contributed by atoms with E-state index >= 15 is 0 Å². The zero-order valence-corrected chi connectivity index (χ0v) is 13.6. The molecule has 114 valence electrons. The van der Waals surface area contributed by atoms with Gasteiger partial charge in [-0.3, -0.25) is 0 Å². The van der Waals surface area contributed by atoms with E-state index in [9.17, 15) is 0 Å². The van der Waals surface area contributed by atoms with Crippen LogP contribution in [-0.4, -0.2) is 33.4 Å². The number of rotatable bonds is 5. The molecule has 6 heteroatoms. The highest BCUT2D eigenvalue weighted by atomic mass is 16.5. The van der Waals surface area contributed by atoms with Gasteiger partial charge in [-0.25, -0.2) is 14.6 Å². The van der Waals surface area contributed by atoms with Gasteiger partial charge in [-0.2, -0.15) is 5.10 Å². The third-order valence-electron chi connectivity index (χ3n) is 3.28. The third kappa shape index (κ3) is 2.99. The highest BCUT2D eigenvalue weighted by Gasteiger charge is 2.20. The Morgan fingerprint density at radius 2 is 2.05 bits per heavy atom. The largest absolute Gasteiger partial charge is 0.481 e. The van der Waals surface area contributed by atoms with Crippen LogP contribution in [0.4, 0.5) is 5.82 Å². The molecular formula is C15H23N5O. The zero-order chi connectivity index (χ0) is 15.6. The number of nitrogens with one attached hydrogen (secondary N) is 1. The molecule has 0 radical (unpaired) electrons. The molecule has 0 spiro atoms. The summed E-state index contributed by atoms with van der Waals surface area (Å²) in [5, 5.41) is 7.66. The maximum absolute atomic E-state index is 5.45. The smallest absolute Gasteiger partial charge is 0.222 e. The molecule has 0 atom stereocenters. The average Bonchev–Trinajstić information content (AvgIpc) is 2.72. The van der Waals surface area contributed by atoms with E-state index in [1.54, 1.807) is 11.8 Å². The molecule has 0 saturated carbocycles. The lowest BCUT2D eigenvalue weighted by atomic mass is 10.1. The van der Waals surface area contributed by atoms with E-state index in [4.69, 9.17) is 4.74 Å². The van der Waals surface area contributed by atoms with Crippen molar-refractivity contribution in [3.63, 3.8) is 0 Å². The predicted molar refractivity (Wildman–Crippen MR) is 83.8 cm³/mol. The molecule has 0 aliphatic heterocycles. The summed E-state index contributed by atoms with van der Waals surface area (Å²) in [4.78, 5) is 9.29. The fraction of sp³-hybridized carbons (Fsp3) is 0.533. The van der Waals surface area contributed by atoms with Crippen LogP contribution in [0.3, 0.4) is 0 Å². The molecule has 0 saturated heterocycles. The summed E-state index contributed by atoms with van der Waals surface area (Å²) in [6.45, 7) is 9.05. The number of aryl methyl sites for hydroxylation is 2. The van der Waals surface area contributed by atoms with Gasteiger partial charge in [0.2, 0.25) is 5.88 Å². The van der Waals surface area contributed by atoms with Crippen LogP contribution in [0.15, 0.2) is 6.07 Å². The first-order chi connectivity index (χ1) is 9.97. The normalized spacial score (nSPS) is 11.0. The number of anilines is 1. The number of hydrogen-bond donors (Lipinski definition) is 1. The minimum absolute atomic E-state index is 0.326. The van der Waals surface area contributed by atoms with Crippen molar-refractivity contribution < 1.29 is 4.74 Å². The molecule has 0 bridgehead atoms. The van der Waals surface area contributed by atoms with Crippen molar-refractivity contribution in [3.05, 3.63) is 17.5 Å². The molecule has 2 rings (SSSR count). The van der Waals surface area contributed by atoms with E-state index < -0.39 is 0 Å². The number of nitrogens with zero attached hydrogens (tertiary/aromatic N) is 4. The maximum Gasteiger partial charge on any atom is 0.222 e. The Kier molecular flexibility index (Phi) is 4.45. The Labute approximate surface area is 125 Å². The molecule has 2 heterocycles. The van der Waals surface area contributed by atoms with Gasteiger partial charge in [-0.05, 0) is 19.8 Å². The van der Waals surface area contributed by atoms with Gasteiger partial charge < -0.3 is 10.1 Å². The van der Waals surface area contributed by atoms with Crippen LogP contribution in [0, 0.1) is 6.92 Å². The molecule has 2 aromatic rings. The minimum atomic E-state index is 0.326. The molecule has 21 heavy (non-hydrogen) atoms. The molecule has 0 aromatic carbocycles. The van der Waals surface area contributed by atoms with Crippen LogP contribution in [0.1, 0.15) is 38.1 Å². The summed E-state index contributed by atoms with van der Waals surface area (Å²) in [7, 11) is 3.49. The van der Waals surface area contributed by atoms with Gasteiger partial charge >= 0.3 is 0 Å². The van der Waals surface area contributed by atoms with Crippen molar-refractivity contribution in [1.82, 2.24) is 19.7 Å². The quantitative estimate of drug-likeness (QED) is 0.917. The Hall–Kier alpha value is -2.11. The molecule has 1 N–H and O–H groups in total. The second-order valence-electron chi connectivity index (χ2n) is 5.28. The van der Waals surface area contributed by atoms with Gasteiger partial charge in [0.05, 0.1) is 12.8 Å². The number of hydrogen-bond acceptors (Lipinski definition) is 5. The first-order valence-corrected chi connectivity index (χ1v) is 7.18. The summed E-state index contributed by atoms with van der Waals surface area (Å²) in [5.41, 5.74) is 2.71. The van der Waals surface area contributed by atoms with E-state index in [0.717, 1.165) is 29.3 Å². The number of methoxy groups -OCH3 is 1. The molecule has 0 aliphatic carbocycles. The Morgan fingerprint density at radius 1 is 1.33 bits per heavy atom. The lowest BCUT2D eigenvalue weighted by Crippen LogP contribution is -2.05. The molecule has 0 amide bonds. The van der Waals surface area contributed by atoms with Crippen LogP contribution >= 0.6 is 0 Å². The van der Waals surface area contributed by atoms with E-state index in [0.29, 0.717) is 17.6 Å². The topological polar surface area (TPSA) is 64.9 Å². The molecular weight excluding hydrogens is 266 g/mol. The second-order valence-corrected chi connectivity index (χ2v) is 5.28. The predicted octanol–water partition coefficient (Wildman–Crippen LogP) is 2.75. The van der Waals surface area contributed by atoms with Gasteiger partial charge in [-0.1, -0.05) is 13.8 Å². The Morgan fingerprint density at radius 3 is 2.62 bits per heavy atom. The first-order valence-electron chi connectivity index (χ1n) is 7.18. The average molecular weight is 289 g/mol. The second kappa shape index (κ2) is 6.11. The SMILES string of the molecule is CCNc1cc(C(C)C)nc(-c2c(C)nn(C)c2OC)n1. The number of ether oxygens (including phenoxy) is 1. The Bertz CT molecular complexity index is 633. The molecule has 0 fully saturated rings. The summed E-state index contributed by atoms with van der Waals surface area (Å²) >= 11 is 0. The van der Waals surface area contributed by atoms with Crippen molar-refractivity contribution >= 4 is 5.82 Å².